The number of anilines is 1. The molecule has 3 N–H and O–H groups in total. The van der Waals surface area contributed by atoms with Gasteiger partial charge in [-0.15, -0.1) is 0 Å². The van der Waals surface area contributed by atoms with E-state index in [1.807, 2.05) is 6.07 Å². The van der Waals surface area contributed by atoms with Crippen LogP contribution < -0.4 is 11.1 Å². The molecule has 1 aromatic carbocycles. The van der Waals surface area contributed by atoms with E-state index in [1.165, 1.54) is 0 Å². The van der Waals surface area contributed by atoms with Crippen molar-refractivity contribution in [1.29, 1.82) is 0 Å². The van der Waals surface area contributed by atoms with Crippen molar-refractivity contribution in [3.05, 3.63) is 29.8 Å². The molecular formula is C13H17F3N2O2. The Bertz CT molecular complexity index is 449. The van der Waals surface area contributed by atoms with Gasteiger partial charge in [0.2, 0.25) is 5.91 Å². The van der Waals surface area contributed by atoms with Gasteiger partial charge in [0.1, 0.15) is 6.61 Å². The Morgan fingerprint density at radius 3 is 2.75 bits per heavy atom. The van der Waals surface area contributed by atoms with Crippen LogP contribution in [0, 0.1) is 0 Å². The molecule has 0 aromatic heterocycles. The highest BCUT2D eigenvalue weighted by molar-refractivity contribution is 5.76. The first-order valence-electron chi connectivity index (χ1n) is 6.07. The van der Waals surface area contributed by atoms with E-state index in [-0.39, 0.29) is 25.0 Å². The van der Waals surface area contributed by atoms with E-state index >= 15 is 0 Å². The first kappa shape index (κ1) is 16.3. The number of amides is 1. The fraction of sp³-hybridized carbons (Fsp3) is 0.462. The molecule has 0 aliphatic rings. The molecule has 0 fully saturated rings. The molecule has 0 saturated heterocycles. The fourth-order valence-electron chi connectivity index (χ4n) is 1.58. The third kappa shape index (κ3) is 6.42. The summed E-state index contributed by atoms with van der Waals surface area (Å²) in [6.07, 6.45) is -4.49. The molecule has 0 aliphatic heterocycles. The largest absolute Gasteiger partial charge is 0.411 e. The van der Waals surface area contributed by atoms with Crippen molar-refractivity contribution in [3.63, 3.8) is 0 Å². The summed E-state index contributed by atoms with van der Waals surface area (Å²) in [5.74, 6) is -0.373. The molecule has 20 heavy (non-hydrogen) atoms. The average Bonchev–Trinajstić information content (AvgIpc) is 2.33. The van der Waals surface area contributed by atoms with Crippen molar-refractivity contribution < 1.29 is 22.7 Å². The quantitative estimate of drug-likeness (QED) is 0.624. The molecule has 4 nitrogen and oxygen atoms in total. The van der Waals surface area contributed by atoms with Crippen molar-refractivity contribution in [1.82, 2.24) is 5.32 Å². The van der Waals surface area contributed by atoms with E-state index in [4.69, 9.17) is 5.73 Å². The Hall–Kier alpha value is -1.76. The molecule has 1 aromatic rings. The van der Waals surface area contributed by atoms with Crippen molar-refractivity contribution in [3.8, 4) is 0 Å². The van der Waals surface area contributed by atoms with E-state index in [0.717, 1.165) is 5.56 Å². The number of hydrogen-bond donors (Lipinski definition) is 2. The lowest BCUT2D eigenvalue weighted by atomic mass is 10.1. The van der Waals surface area contributed by atoms with Crippen LogP contribution >= 0.6 is 0 Å². The summed E-state index contributed by atoms with van der Waals surface area (Å²) in [7, 11) is 0. The number of nitrogens with one attached hydrogen (secondary N) is 1. The number of alkyl halides is 3. The van der Waals surface area contributed by atoms with E-state index in [9.17, 15) is 18.0 Å². The summed E-state index contributed by atoms with van der Waals surface area (Å²) >= 11 is 0. The monoisotopic (exact) mass is 290 g/mol. The minimum atomic E-state index is -4.37. The maximum absolute atomic E-state index is 11.8. The van der Waals surface area contributed by atoms with Gasteiger partial charge in [-0.25, -0.2) is 0 Å². The topological polar surface area (TPSA) is 64.3 Å². The number of carbonyl (C=O) groups excluding carboxylic acids is 1. The van der Waals surface area contributed by atoms with E-state index in [2.05, 4.69) is 10.1 Å². The summed E-state index contributed by atoms with van der Waals surface area (Å²) in [4.78, 5) is 11.5. The van der Waals surface area contributed by atoms with Crippen LogP contribution in [0.4, 0.5) is 18.9 Å². The molecule has 0 aliphatic carbocycles. The molecule has 1 unspecified atom stereocenters. The van der Waals surface area contributed by atoms with Crippen molar-refractivity contribution in [2.24, 2.45) is 0 Å². The number of nitrogen functional groups attached to an aromatic ring is 1. The lowest BCUT2D eigenvalue weighted by Gasteiger charge is -2.15. The highest BCUT2D eigenvalue weighted by atomic mass is 19.4. The molecule has 1 amide bonds. The van der Waals surface area contributed by atoms with Crippen molar-refractivity contribution >= 4 is 11.6 Å². The van der Waals surface area contributed by atoms with Gasteiger partial charge in [-0.1, -0.05) is 12.1 Å². The molecule has 1 rings (SSSR count). The number of rotatable bonds is 6. The Labute approximate surface area is 115 Å². The molecule has 0 bridgehead atoms. The number of nitrogens with two attached hydrogens (primary N) is 1. The molecule has 0 saturated carbocycles. The van der Waals surface area contributed by atoms with Gasteiger partial charge in [0.15, 0.2) is 0 Å². The van der Waals surface area contributed by atoms with Gasteiger partial charge < -0.3 is 15.8 Å². The van der Waals surface area contributed by atoms with Gasteiger partial charge in [-0.3, -0.25) is 4.79 Å². The summed E-state index contributed by atoms with van der Waals surface area (Å²) < 4.78 is 39.8. The Morgan fingerprint density at radius 2 is 2.15 bits per heavy atom. The molecular weight excluding hydrogens is 273 g/mol. The maximum Gasteiger partial charge on any atom is 0.411 e. The van der Waals surface area contributed by atoms with Crippen LogP contribution in [0.3, 0.4) is 0 Å². The highest BCUT2D eigenvalue weighted by Crippen LogP contribution is 2.16. The van der Waals surface area contributed by atoms with Crippen LogP contribution in [-0.2, 0) is 9.53 Å². The van der Waals surface area contributed by atoms with E-state index < -0.39 is 12.8 Å². The summed E-state index contributed by atoms with van der Waals surface area (Å²) in [6, 6.07) is 6.75. The number of benzene rings is 1. The zero-order valence-electron chi connectivity index (χ0n) is 11.0. The Morgan fingerprint density at radius 1 is 1.45 bits per heavy atom. The van der Waals surface area contributed by atoms with Crippen LogP contribution in [0.25, 0.3) is 0 Å². The molecule has 0 spiro atoms. The van der Waals surface area contributed by atoms with Crippen molar-refractivity contribution in [2.45, 2.75) is 25.6 Å². The van der Waals surface area contributed by atoms with Gasteiger partial charge in [-0.2, -0.15) is 13.2 Å². The van der Waals surface area contributed by atoms with E-state index in [1.54, 1.807) is 25.1 Å². The van der Waals surface area contributed by atoms with Crippen molar-refractivity contribution in [2.75, 3.05) is 18.9 Å². The Balaban J connectivity index is 2.32. The van der Waals surface area contributed by atoms with Gasteiger partial charge in [0, 0.05) is 12.1 Å². The Kier molecular flexibility index (Phi) is 5.82. The second kappa shape index (κ2) is 7.14. The SMILES string of the molecule is CC(NC(=O)CCOCC(F)(F)F)c1cccc(N)c1. The number of ether oxygens (including phenoxy) is 1. The van der Waals surface area contributed by atoms with Crippen LogP contribution in [0.1, 0.15) is 24.9 Å². The van der Waals surface area contributed by atoms with Crippen LogP contribution in [0.2, 0.25) is 0 Å². The van der Waals surface area contributed by atoms with Crippen LogP contribution in [0.15, 0.2) is 24.3 Å². The minimum Gasteiger partial charge on any atom is -0.399 e. The lowest BCUT2D eigenvalue weighted by molar-refractivity contribution is -0.174. The molecule has 0 radical (unpaired) electrons. The second-order valence-electron chi connectivity index (χ2n) is 4.38. The maximum atomic E-state index is 11.8. The summed E-state index contributed by atoms with van der Waals surface area (Å²) in [5, 5.41) is 2.67. The molecule has 112 valence electrons. The predicted molar refractivity (Wildman–Crippen MR) is 68.9 cm³/mol. The normalized spacial score (nSPS) is 13.0. The number of halogens is 3. The first-order chi connectivity index (χ1) is 9.28. The smallest absolute Gasteiger partial charge is 0.399 e. The first-order valence-corrected chi connectivity index (χ1v) is 6.07. The molecule has 7 heteroatoms. The summed E-state index contributed by atoms with van der Waals surface area (Å²) in [6.45, 7) is 0.156. The minimum absolute atomic E-state index is 0.122. The zero-order valence-corrected chi connectivity index (χ0v) is 11.0. The van der Waals surface area contributed by atoms with Gasteiger partial charge in [0.05, 0.1) is 12.6 Å². The standard InChI is InChI=1S/C13H17F3N2O2/c1-9(10-3-2-4-11(17)7-10)18-12(19)5-6-20-8-13(14,15)16/h2-4,7,9H,5-6,8,17H2,1H3,(H,18,19). The fourth-order valence-corrected chi connectivity index (χ4v) is 1.58. The van der Waals surface area contributed by atoms with Gasteiger partial charge in [0.25, 0.3) is 0 Å². The predicted octanol–water partition coefficient (Wildman–Crippen LogP) is 2.42. The van der Waals surface area contributed by atoms with E-state index in [0.29, 0.717) is 5.69 Å². The molecule has 1 atom stereocenters. The van der Waals surface area contributed by atoms with Crippen LogP contribution in [0.5, 0.6) is 0 Å². The summed E-state index contributed by atoms with van der Waals surface area (Å²) in [5.41, 5.74) is 7.04. The van der Waals surface area contributed by atoms with Gasteiger partial charge in [-0.05, 0) is 24.6 Å². The second-order valence-corrected chi connectivity index (χ2v) is 4.38. The zero-order chi connectivity index (χ0) is 15.2. The average molecular weight is 290 g/mol. The number of hydrogen-bond acceptors (Lipinski definition) is 3. The molecule has 0 heterocycles. The van der Waals surface area contributed by atoms with Gasteiger partial charge >= 0.3 is 6.18 Å². The third-order valence-electron chi connectivity index (χ3n) is 2.53. The van der Waals surface area contributed by atoms with Crippen LogP contribution in [-0.4, -0.2) is 25.3 Å². The number of carbonyl (C=O) groups is 1. The highest BCUT2D eigenvalue weighted by Gasteiger charge is 2.27. The lowest BCUT2D eigenvalue weighted by Crippen LogP contribution is -2.28. The third-order valence-corrected chi connectivity index (χ3v) is 2.53.